The molecule has 98 valence electrons. The van der Waals surface area contributed by atoms with Gasteiger partial charge >= 0.3 is 5.97 Å². The number of carbonyl (C=O) groups is 1. The first-order valence-corrected chi connectivity index (χ1v) is 6.21. The Kier molecular flexibility index (Phi) is 6.62. The Morgan fingerprint density at radius 2 is 1.83 bits per heavy atom. The fraction of sp³-hybridized carbons (Fsp3) is 0.400. The first kappa shape index (κ1) is 14.3. The monoisotopic (exact) mass is 248 g/mol. The number of unbranched alkanes of at least 4 members (excludes halogenated alkanes) is 2. The normalized spacial score (nSPS) is 9.83. The second-order valence-electron chi connectivity index (χ2n) is 4.09. The molecule has 0 radical (unpaired) electrons. The predicted molar refractivity (Wildman–Crippen MR) is 71.7 cm³/mol. The molecular weight excluding hydrogens is 228 g/mol. The first-order valence-electron chi connectivity index (χ1n) is 6.21. The predicted octanol–water partition coefficient (Wildman–Crippen LogP) is 3.27. The van der Waals surface area contributed by atoms with Gasteiger partial charge in [-0.15, -0.1) is 0 Å². The number of benzene rings is 1. The van der Waals surface area contributed by atoms with Crippen molar-refractivity contribution in [1.29, 1.82) is 0 Å². The van der Waals surface area contributed by atoms with Crippen molar-refractivity contribution in [2.24, 2.45) is 0 Å². The zero-order valence-electron chi connectivity index (χ0n) is 10.9. The summed E-state index contributed by atoms with van der Waals surface area (Å²) in [6.07, 6.45) is 3.98. The Morgan fingerprint density at radius 3 is 2.50 bits per heavy atom. The topological polar surface area (TPSA) is 35.5 Å². The molecule has 0 saturated heterocycles. The maximum Gasteiger partial charge on any atom is 0.330 e. The summed E-state index contributed by atoms with van der Waals surface area (Å²) >= 11 is 0. The molecule has 3 heteroatoms. The smallest absolute Gasteiger partial charge is 0.330 e. The zero-order valence-corrected chi connectivity index (χ0v) is 10.9. The van der Waals surface area contributed by atoms with Crippen LogP contribution >= 0.6 is 0 Å². The molecule has 0 aromatic heterocycles. The van der Waals surface area contributed by atoms with Crippen LogP contribution in [0, 0.1) is 6.92 Å². The van der Waals surface area contributed by atoms with E-state index < -0.39 is 0 Å². The van der Waals surface area contributed by atoms with Crippen LogP contribution in [0.15, 0.2) is 36.9 Å². The number of esters is 1. The molecule has 0 fully saturated rings. The fourth-order valence-electron chi connectivity index (χ4n) is 1.44. The van der Waals surface area contributed by atoms with Crippen molar-refractivity contribution in [3.63, 3.8) is 0 Å². The van der Waals surface area contributed by atoms with Gasteiger partial charge in [0.25, 0.3) is 0 Å². The van der Waals surface area contributed by atoms with Gasteiger partial charge in [-0.2, -0.15) is 0 Å². The number of ether oxygens (including phenoxy) is 2. The van der Waals surface area contributed by atoms with Gasteiger partial charge in [0.1, 0.15) is 5.75 Å². The highest BCUT2D eigenvalue weighted by atomic mass is 16.5. The Morgan fingerprint density at radius 1 is 1.17 bits per heavy atom. The van der Waals surface area contributed by atoms with Gasteiger partial charge in [-0.3, -0.25) is 0 Å². The SMILES string of the molecule is C=CC(=O)OCCCCCOc1ccc(C)cc1. The lowest BCUT2D eigenvalue weighted by Crippen LogP contribution is -2.03. The molecule has 0 saturated carbocycles. The van der Waals surface area contributed by atoms with Crippen LogP contribution in [0.5, 0.6) is 5.75 Å². The second kappa shape index (κ2) is 8.34. The van der Waals surface area contributed by atoms with Crippen LogP contribution in [0.4, 0.5) is 0 Å². The van der Waals surface area contributed by atoms with Crippen LogP contribution in [0.1, 0.15) is 24.8 Å². The van der Waals surface area contributed by atoms with Crippen molar-refractivity contribution in [3.05, 3.63) is 42.5 Å². The molecule has 0 unspecified atom stereocenters. The molecule has 0 aliphatic heterocycles. The Labute approximate surface area is 108 Å². The fourth-order valence-corrected chi connectivity index (χ4v) is 1.44. The van der Waals surface area contributed by atoms with Gasteiger partial charge < -0.3 is 9.47 Å². The lowest BCUT2D eigenvalue weighted by atomic mass is 10.2. The van der Waals surface area contributed by atoms with Crippen LogP contribution in [0.2, 0.25) is 0 Å². The molecule has 0 spiro atoms. The van der Waals surface area contributed by atoms with Crippen molar-refractivity contribution in [1.82, 2.24) is 0 Å². The lowest BCUT2D eigenvalue weighted by Gasteiger charge is -2.06. The highest BCUT2D eigenvalue weighted by molar-refractivity contribution is 5.81. The van der Waals surface area contributed by atoms with Gasteiger partial charge in [-0.05, 0) is 38.3 Å². The number of aryl methyl sites for hydroxylation is 1. The van der Waals surface area contributed by atoms with Gasteiger partial charge in [0, 0.05) is 6.08 Å². The minimum absolute atomic E-state index is 0.356. The van der Waals surface area contributed by atoms with E-state index >= 15 is 0 Å². The van der Waals surface area contributed by atoms with Gasteiger partial charge in [-0.1, -0.05) is 24.3 Å². The number of carbonyl (C=O) groups excluding carboxylic acids is 1. The van der Waals surface area contributed by atoms with Crippen molar-refractivity contribution >= 4 is 5.97 Å². The van der Waals surface area contributed by atoms with Crippen molar-refractivity contribution in [3.8, 4) is 5.75 Å². The summed E-state index contributed by atoms with van der Waals surface area (Å²) < 4.78 is 10.5. The standard InChI is InChI=1S/C15H20O3/c1-3-15(16)18-12-6-4-5-11-17-14-9-7-13(2)8-10-14/h3,7-10H,1,4-6,11-12H2,2H3. The minimum atomic E-state index is -0.356. The molecule has 0 aliphatic carbocycles. The summed E-state index contributed by atoms with van der Waals surface area (Å²) in [5, 5.41) is 0. The summed E-state index contributed by atoms with van der Waals surface area (Å²) in [5.41, 5.74) is 1.23. The summed E-state index contributed by atoms with van der Waals surface area (Å²) in [7, 11) is 0. The molecule has 0 aliphatic rings. The molecule has 0 heterocycles. The summed E-state index contributed by atoms with van der Waals surface area (Å²) in [6, 6.07) is 8.01. The van der Waals surface area contributed by atoms with Crippen LogP contribution in [-0.2, 0) is 9.53 Å². The molecule has 0 amide bonds. The van der Waals surface area contributed by atoms with E-state index in [4.69, 9.17) is 9.47 Å². The Hall–Kier alpha value is -1.77. The Balaban J connectivity index is 2.00. The average molecular weight is 248 g/mol. The lowest BCUT2D eigenvalue weighted by molar-refractivity contribution is -0.137. The summed E-state index contributed by atoms with van der Waals surface area (Å²) in [4.78, 5) is 10.7. The van der Waals surface area contributed by atoms with Gasteiger partial charge in [-0.25, -0.2) is 4.79 Å². The van der Waals surface area contributed by atoms with Crippen molar-refractivity contribution in [2.75, 3.05) is 13.2 Å². The van der Waals surface area contributed by atoms with E-state index in [9.17, 15) is 4.79 Å². The second-order valence-corrected chi connectivity index (χ2v) is 4.09. The molecule has 1 aromatic rings. The quantitative estimate of drug-likeness (QED) is 0.402. The van der Waals surface area contributed by atoms with Gasteiger partial charge in [0.2, 0.25) is 0 Å². The van der Waals surface area contributed by atoms with E-state index in [1.54, 1.807) is 0 Å². The summed E-state index contributed by atoms with van der Waals surface area (Å²) in [6.45, 7) is 6.53. The molecule has 0 bridgehead atoms. The van der Waals surface area contributed by atoms with Gasteiger partial charge in [0.15, 0.2) is 0 Å². The van der Waals surface area contributed by atoms with Crippen LogP contribution in [0.25, 0.3) is 0 Å². The van der Waals surface area contributed by atoms with E-state index in [1.165, 1.54) is 11.6 Å². The zero-order chi connectivity index (χ0) is 13.2. The summed E-state index contributed by atoms with van der Waals surface area (Å²) in [5.74, 6) is 0.546. The highest BCUT2D eigenvalue weighted by Gasteiger charge is 1.96. The van der Waals surface area contributed by atoms with E-state index in [-0.39, 0.29) is 5.97 Å². The highest BCUT2D eigenvalue weighted by Crippen LogP contribution is 2.11. The molecule has 0 atom stereocenters. The molecule has 18 heavy (non-hydrogen) atoms. The maximum absolute atomic E-state index is 10.7. The van der Waals surface area contributed by atoms with Gasteiger partial charge in [0.05, 0.1) is 13.2 Å². The van der Waals surface area contributed by atoms with E-state index in [0.717, 1.165) is 25.0 Å². The van der Waals surface area contributed by atoms with Crippen molar-refractivity contribution < 1.29 is 14.3 Å². The largest absolute Gasteiger partial charge is 0.494 e. The number of rotatable bonds is 8. The third-order valence-electron chi connectivity index (χ3n) is 2.49. The van der Waals surface area contributed by atoms with Crippen LogP contribution < -0.4 is 4.74 Å². The molecular formula is C15H20O3. The average Bonchev–Trinajstić information content (AvgIpc) is 2.39. The number of hydrogen-bond donors (Lipinski definition) is 0. The Bertz CT molecular complexity index is 368. The van der Waals surface area contributed by atoms with Crippen molar-refractivity contribution in [2.45, 2.75) is 26.2 Å². The maximum atomic E-state index is 10.7. The van der Waals surface area contributed by atoms with E-state index in [1.807, 2.05) is 31.2 Å². The molecule has 0 N–H and O–H groups in total. The van der Waals surface area contributed by atoms with Crippen LogP contribution in [0.3, 0.4) is 0 Å². The first-order chi connectivity index (χ1) is 8.72. The molecule has 3 nitrogen and oxygen atoms in total. The minimum Gasteiger partial charge on any atom is -0.494 e. The third kappa shape index (κ3) is 6.09. The number of hydrogen-bond acceptors (Lipinski definition) is 3. The van der Waals surface area contributed by atoms with E-state index in [0.29, 0.717) is 13.2 Å². The molecule has 1 rings (SSSR count). The molecule has 1 aromatic carbocycles. The van der Waals surface area contributed by atoms with E-state index in [2.05, 4.69) is 6.58 Å². The van der Waals surface area contributed by atoms with Crippen LogP contribution in [-0.4, -0.2) is 19.2 Å². The third-order valence-corrected chi connectivity index (χ3v) is 2.49.